The third kappa shape index (κ3) is 2.60. The van der Waals surface area contributed by atoms with Crippen LogP contribution in [0.2, 0.25) is 0 Å². The lowest BCUT2D eigenvalue weighted by molar-refractivity contribution is 0.0696. The minimum absolute atomic E-state index is 0.336. The van der Waals surface area contributed by atoms with Crippen LogP contribution in [0.4, 0.5) is 5.82 Å². The second-order valence-corrected chi connectivity index (χ2v) is 5.75. The first-order valence-electron chi connectivity index (χ1n) is 6.91. The van der Waals surface area contributed by atoms with Crippen LogP contribution in [-0.2, 0) is 7.05 Å². The number of aromatic carboxylic acids is 1. The lowest BCUT2D eigenvalue weighted by Gasteiger charge is -2.35. The number of nitrogens with zero attached hydrogens (tertiary/aromatic N) is 3. The van der Waals surface area contributed by atoms with E-state index in [9.17, 15) is 9.90 Å². The lowest BCUT2D eigenvalue weighted by Crippen LogP contribution is -2.37. The number of aromatic nitrogens is 2. The van der Waals surface area contributed by atoms with E-state index in [0.29, 0.717) is 23.2 Å². The largest absolute Gasteiger partial charge is 0.477 e. The van der Waals surface area contributed by atoms with Crippen molar-refractivity contribution in [2.24, 2.45) is 13.0 Å². The SMILES string of the molecule is Cc1nn(C)c(N(C)C2CCCC(C)C2)c1C(=O)O. The Balaban J connectivity index is 2.32. The first kappa shape index (κ1) is 13.9. The van der Waals surface area contributed by atoms with E-state index >= 15 is 0 Å². The first-order chi connectivity index (χ1) is 8.91. The van der Waals surface area contributed by atoms with Gasteiger partial charge in [0.05, 0.1) is 5.69 Å². The number of carboxylic acid groups (broad SMARTS) is 1. The second kappa shape index (κ2) is 5.23. The lowest BCUT2D eigenvalue weighted by atomic mass is 9.86. The molecule has 1 heterocycles. The van der Waals surface area contributed by atoms with Gasteiger partial charge in [0.25, 0.3) is 0 Å². The van der Waals surface area contributed by atoms with Gasteiger partial charge in [-0.25, -0.2) is 4.79 Å². The molecule has 5 heteroatoms. The molecule has 1 aromatic heterocycles. The summed E-state index contributed by atoms with van der Waals surface area (Å²) in [5.41, 5.74) is 0.920. The molecule has 0 aromatic carbocycles. The Hall–Kier alpha value is -1.52. The fourth-order valence-corrected chi connectivity index (χ4v) is 3.23. The zero-order valence-corrected chi connectivity index (χ0v) is 12.2. The standard InChI is InChI=1S/C14H23N3O2/c1-9-6-5-7-11(8-9)16(3)13-12(14(18)19)10(2)15-17(13)4/h9,11H,5-8H2,1-4H3,(H,18,19). The molecule has 2 unspecified atom stereocenters. The minimum atomic E-state index is -0.892. The predicted octanol–water partition coefficient (Wildman–Crippen LogP) is 2.44. The molecule has 1 aromatic rings. The van der Waals surface area contributed by atoms with Gasteiger partial charge in [-0.15, -0.1) is 0 Å². The molecule has 0 spiro atoms. The highest BCUT2D eigenvalue weighted by Gasteiger charge is 2.29. The number of rotatable bonds is 3. The molecular weight excluding hydrogens is 242 g/mol. The zero-order chi connectivity index (χ0) is 14.2. The van der Waals surface area contributed by atoms with Gasteiger partial charge in [-0.2, -0.15) is 5.10 Å². The highest BCUT2D eigenvalue weighted by atomic mass is 16.4. The Morgan fingerprint density at radius 3 is 2.74 bits per heavy atom. The van der Waals surface area contributed by atoms with Gasteiger partial charge in [0.1, 0.15) is 11.4 Å². The average Bonchev–Trinajstić information content (AvgIpc) is 2.63. The summed E-state index contributed by atoms with van der Waals surface area (Å²) in [4.78, 5) is 13.5. The number of hydrogen-bond donors (Lipinski definition) is 1. The first-order valence-corrected chi connectivity index (χ1v) is 6.91. The molecule has 5 nitrogen and oxygen atoms in total. The molecule has 0 aliphatic heterocycles. The van der Waals surface area contributed by atoms with Crippen molar-refractivity contribution in [1.82, 2.24) is 9.78 Å². The summed E-state index contributed by atoms with van der Waals surface area (Å²) in [6.45, 7) is 4.02. The fourth-order valence-electron chi connectivity index (χ4n) is 3.23. The maximum atomic E-state index is 11.4. The number of aryl methyl sites for hydroxylation is 2. The normalized spacial score (nSPS) is 23.4. The summed E-state index contributed by atoms with van der Waals surface area (Å²) >= 11 is 0. The van der Waals surface area contributed by atoms with E-state index in [-0.39, 0.29) is 0 Å². The molecule has 0 saturated heterocycles. The van der Waals surface area contributed by atoms with Crippen LogP contribution in [-0.4, -0.2) is 33.9 Å². The van der Waals surface area contributed by atoms with Crippen molar-refractivity contribution < 1.29 is 9.90 Å². The Morgan fingerprint density at radius 1 is 1.47 bits per heavy atom. The summed E-state index contributed by atoms with van der Waals surface area (Å²) in [5, 5.41) is 13.6. The van der Waals surface area contributed by atoms with Gasteiger partial charge in [-0.05, 0) is 25.7 Å². The van der Waals surface area contributed by atoms with Crippen LogP contribution in [0.3, 0.4) is 0 Å². The van der Waals surface area contributed by atoms with Crippen LogP contribution in [0, 0.1) is 12.8 Å². The Kier molecular flexibility index (Phi) is 3.83. The summed E-state index contributed by atoms with van der Waals surface area (Å²) < 4.78 is 1.69. The smallest absolute Gasteiger partial charge is 0.341 e. The van der Waals surface area contributed by atoms with Crippen molar-refractivity contribution in [2.45, 2.75) is 45.6 Å². The van der Waals surface area contributed by atoms with Gasteiger partial charge in [0.15, 0.2) is 0 Å². The van der Waals surface area contributed by atoms with Crippen molar-refractivity contribution in [2.75, 3.05) is 11.9 Å². The van der Waals surface area contributed by atoms with E-state index in [2.05, 4.69) is 16.9 Å². The summed E-state index contributed by atoms with van der Waals surface area (Å²) in [5.74, 6) is 0.546. The molecule has 0 amide bonds. The van der Waals surface area contributed by atoms with Crippen LogP contribution in [0.15, 0.2) is 0 Å². The van der Waals surface area contributed by atoms with Crippen LogP contribution in [0.25, 0.3) is 0 Å². The molecule has 1 fully saturated rings. The van der Waals surface area contributed by atoms with Crippen LogP contribution < -0.4 is 4.90 Å². The van der Waals surface area contributed by atoms with Crippen molar-refractivity contribution in [1.29, 1.82) is 0 Å². The minimum Gasteiger partial charge on any atom is -0.477 e. The Morgan fingerprint density at radius 2 is 2.16 bits per heavy atom. The maximum Gasteiger partial charge on any atom is 0.341 e. The molecule has 2 rings (SSSR count). The van der Waals surface area contributed by atoms with Crippen LogP contribution in [0.1, 0.15) is 48.7 Å². The summed E-state index contributed by atoms with van der Waals surface area (Å²) in [6, 6.07) is 0.414. The van der Waals surface area contributed by atoms with E-state index < -0.39 is 5.97 Å². The van der Waals surface area contributed by atoms with Crippen molar-refractivity contribution in [3.05, 3.63) is 11.3 Å². The molecule has 1 aliphatic carbocycles. The Labute approximate surface area is 114 Å². The van der Waals surface area contributed by atoms with Gasteiger partial charge >= 0.3 is 5.97 Å². The molecule has 1 saturated carbocycles. The van der Waals surface area contributed by atoms with E-state index in [1.54, 1.807) is 11.6 Å². The molecule has 2 atom stereocenters. The molecule has 106 valence electrons. The van der Waals surface area contributed by atoms with E-state index in [4.69, 9.17) is 0 Å². The topological polar surface area (TPSA) is 58.4 Å². The van der Waals surface area contributed by atoms with Crippen molar-refractivity contribution >= 4 is 11.8 Å². The maximum absolute atomic E-state index is 11.4. The molecule has 19 heavy (non-hydrogen) atoms. The number of carboxylic acids is 1. The van der Waals surface area contributed by atoms with Gasteiger partial charge in [0.2, 0.25) is 0 Å². The number of hydrogen-bond acceptors (Lipinski definition) is 3. The van der Waals surface area contributed by atoms with Gasteiger partial charge in [0, 0.05) is 20.1 Å². The molecule has 0 radical (unpaired) electrons. The molecule has 0 bridgehead atoms. The number of carbonyl (C=O) groups is 1. The van der Waals surface area contributed by atoms with E-state index in [1.807, 2.05) is 14.1 Å². The monoisotopic (exact) mass is 265 g/mol. The van der Waals surface area contributed by atoms with E-state index in [1.165, 1.54) is 12.8 Å². The number of anilines is 1. The van der Waals surface area contributed by atoms with Crippen molar-refractivity contribution in [3.8, 4) is 0 Å². The zero-order valence-electron chi connectivity index (χ0n) is 12.2. The highest BCUT2D eigenvalue weighted by Crippen LogP contribution is 2.31. The third-order valence-corrected chi connectivity index (χ3v) is 4.20. The van der Waals surface area contributed by atoms with E-state index in [0.717, 1.165) is 18.7 Å². The van der Waals surface area contributed by atoms with Gasteiger partial charge in [-0.3, -0.25) is 4.68 Å². The van der Waals surface area contributed by atoms with Gasteiger partial charge in [-0.1, -0.05) is 19.8 Å². The third-order valence-electron chi connectivity index (χ3n) is 4.20. The molecule has 1 N–H and O–H groups in total. The van der Waals surface area contributed by atoms with Crippen LogP contribution in [0.5, 0.6) is 0 Å². The quantitative estimate of drug-likeness (QED) is 0.912. The molecular formula is C14H23N3O2. The average molecular weight is 265 g/mol. The van der Waals surface area contributed by atoms with Gasteiger partial charge < -0.3 is 10.0 Å². The summed E-state index contributed by atoms with van der Waals surface area (Å²) in [6.07, 6.45) is 4.75. The highest BCUT2D eigenvalue weighted by molar-refractivity contribution is 5.94. The van der Waals surface area contributed by atoms with Crippen LogP contribution >= 0.6 is 0 Å². The second-order valence-electron chi connectivity index (χ2n) is 5.75. The molecule has 1 aliphatic rings. The Bertz CT molecular complexity index is 481. The fraction of sp³-hybridized carbons (Fsp3) is 0.714. The predicted molar refractivity (Wildman–Crippen MR) is 74.7 cm³/mol. The van der Waals surface area contributed by atoms with Crippen molar-refractivity contribution in [3.63, 3.8) is 0 Å². The summed E-state index contributed by atoms with van der Waals surface area (Å²) in [7, 11) is 3.81.